The van der Waals surface area contributed by atoms with E-state index in [0.717, 1.165) is 28.5 Å². The lowest BCUT2D eigenvalue weighted by molar-refractivity contribution is 0.0590. The third-order valence-electron chi connectivity index (χ3n) is 5.53. The van der Waals surface area contributed by atoms with Crippen molar-refractivity contribution >= 4 is 45.9 Å². The Bertz CT molecular complexity index is 1370. The predicted molar refractivity (Wildman–Crippen MR) is 135 cm³/mol. The molecule has 0 fully saturated rings. The van der Waals surface area contributed by atoms with Crippen molar-refractivity contribution in [3.8, 4) is 11.1 Å². The Kier molecular flexibility index (Phi) is 7.48. The molecule has 10 heteroatoms. The number of carbonyl (C=O) groups is 1. The summed E-state index contributed by atoms with van der Waals surface area (Å²) >= 11 is 5.89. The second kappa shape index (κ2) is 10.7. The van der Waals surface area contributed by atoms with Crippen molar-refractivity contribution in [1.82, 2.24) is 14.5 Å². The summed E-state index contributed by atoms with van der Waals surface area (Å²) in [6.45, 7) is 1.25. The summed E-state index contributed by atoms with van der Waals surface area (Å²) < 4.78 is 25.3. The molecule has 0 unspecified atom stereocenters. The lowest BCUT2D eigenvalue weighted by atomic mass is 10.1. The average Bonchev–Trinajstić information content (AvgIpc) is 3.19. The summed E-state index contributed by atoms with van der Waals surface area (Å²) in [5.74, 6) is 0.0537. The maximum atomic E-state index is 13.5. The highest BCUT2D eigenvalue weighted by Crippen LogP contribution is 2.31. The number of fused-ring (bicyclic) bond motifs is 1. The molecule has 0 saturated heterocycles. The highest BCUT2D eigenvalue weighted by atomic mass is 35.5. The van der Waals surface area contributed by atoms with Gasteiger partial charge in [0.05, 0.1) is 12.1 Å². The molecule has 0 aliphatic rings. The number of nitrogens with one attached hydrogen (secondary N) is 2. The molecule has 2 heterocycles. The number of aryl methyl sites for hydroxylation is 1. The first-order chi connectivity index (χ1) is 16.9. The standard InChI is InChI=1S/C25H25ClFN5O3/c1-32-21-11-15(5-6-16(21)12-22(32)24(33)35-3)18-14-29-25(31-23(18)28-9-4-10-34-2)30-17-7-8-20(27)19(26)13-17/h5-8,11-14H,4,9-10H2,1-3H3,(H2,28,29,30,31). The van der Waals surface area contributed by atoms with Crippen molar-refractivity contribution < 1.29 is 18.7 Å². The number of methoxy groups -OCH3 is 2. The summed E-state index contributed by atoms with van der Waals surface area (Å²) in [7, 11) is 4.84. The molecule has 0 amide bonds. The van der Waals surface area contributed by atoms with Gasteiger partial charge in [0.15, 0.2) is 0 Å². The molecule has 2 aromatic heterocycles. The third-order valence-corrected chi connectivity index (χ3v) is 5.82. The molecule has 2 aromatic carbocycles. The maximum absolute atomic E-state index is 13.5. The van der Waals surface area contributed by atoms with Crippen LogP contribution in [0, 0.1) is 5.82 Å². The molecule has 2 N–H and O–H groups in total. The quantitative estimate of drug-likeness (QED) is 0.236. The Balaban J connectivity index is 1.70. The summed E-state index contributed by atoms with van der Waals surface area (Å²) in [5.41, 5.74) is 3.56. The van der Waals surface area contributed by atoms with Crippen LogP contribution in [0.25, 0.3) is 22.0 Å². The smallest absolute Gasteiger partial charge is 0.354 e. The van der Waals surface area contributed by atoms with Crippen LogP contribution >= 0.6 is 11.6 Å². The maximum Gasteiger partial charge on any atom is 0.354 e. The first-order valence-electron chi connectivity index (χ1n) is 10.9. The second-order valence-corrected chi connectivity index (χ2v) is 8.24. The molecule has 8 nitrogen and oxygen atoms in total. The topological polar surface area (TPSA) is 90.3 Å². The Morgan fingerprint density at radius 2 is 2.00 bits per heavy atom. The van der Waals surface area contributed by atoms with E-state index in [-0.39, 0.29) is 5.02 Å². The van der Waals surface area contributed by atoms with Crippen LogP contribution in [0.2, 0.25) is 5.02 Å². The number of aromatic nitrogens is 3. The summed E-state index contributed by atoms with van der Waals surface area (Å²) in [4.78, 5) is 21.2. The minimum absolute atomic E-state index is 0.00623. The normalized spacial score (nSPS) is 11.0. The van der Waals surface area contributed by atoms with E-state index in [2.05, 4.69) is 20.6 Å². The number of anilines is 3. The van der Waals surface area contributed by atoms with Gasteiger partial charge in [-0.3, -0.25) is 0 Å². The van der Waals surface area contributed by atoms with E-state index >= 15 is 0 Å². The Hall–Kier alpha value is -3.69. The number of hydrogen-bond acceptors (Lipinski definition) is 7. The van der Waals surface area contributed by atoms with Crippen LogP contribution in [0.3, 0.4) is 0 Å². The van der Waals surface area contributed by atoms with Crippen LogP contribution in [-0.2, 0) is 16.5 Å². The van der Waals surface area contributed by atoms with E-state index < -0.39 is 11.8 Å². The van der Waals surface area contributed by atoms with Crippen LogP contribution in [0.1, 0.15) is 16.9 Å². The zero-order chi connectivity index (χ0) is 24.9. The van der Waals surface area contributed by atoms with Crippen molar-refractivity contribution in [2.24, 2.45) is 7.05 Å². The van der Waals surface area contributed by atoms with E-state index in [9.17, 15) is 9.18 Å². The van der Waals surface area contributed by atoms with Gasteiger partial charge in [0.25, 0.3) is 0 Å². The van der Waals surface area contributed by atoms with Gasteiger partial charge in [-0.25, -0.2) is 14.2 Å². The van der Waals surface area contributed by atoms with Crippen LogP contribution in [0.5, 0.6) is 0 Å². The fraction of sp³-hybridized carbons (Fsp3) is 0.240. The van der Waals surface area contributed by atoms with Gasteiger partial charge in [-0.15, -0.1) is 0 Å². The SMILES string of the molecule is COCCCNc1nc(Nc2ccc(F)c(Cl)c2)ncc1-c1ccc2cc(C(=O)OC)n(C)c2c1. The van der Waals surface area contributed by atoms with E-state index in [1.54, 1.807) is 30.0 Å². The first-order valence-corrected chi connectivity index (χ1v) is 11.3. The van der Waals surface area contributed by atoms with E-state index in [0.29, 0.717) is 36.3 Å². The minimum atomic E-state index is -0.500. The molecule has 0 atom stereocenters. The number of halogens is 2. The van der Waals surface area contributed by atoms with Gasteiger partial charge in [-0.1, -0.05) is 23.7 Å². The fourth-order valence-electron chi connectivity index (χ4n) is 3.71. The lowest BCUT2D eigenvalue weighted by Gasteiger charge is -2.14. The van der Waals surface area contributed by atoms with Gasteiger partial charge >= 0.3 is 5.97 Å². The molecule has 0 bridgehead atoms. The highest BCUT2D eigenvalue weighted by Gasteiger charge is 2.16. The Labute approximate surface area is 207 Å². The van der Waals surface area contributed by atoms with Crippen LogP contribution in [0.4, 0.5) is 21.8 Å². The third kappa shape index (κ3) is 5.36. The predicted octanol–water partition coefficient (Wildman–Crippen LogP) is 5.41. The van der Waals surface area contributed by atoms with Crippen molar-refractivity contribution in [3.63, 3.8) is 0 Å². The van der Waals surface area contributed by atoms with Crippen molar-refractivity contribution in [3.05, 3.63) is 65.2 Å². The second-order valence-electron chi connectivity index (χ2n) is 7.84. The summed E-state index contributed by atoms with van der Waals surface area (Å²) in [6.07, 6.45) is 2.50. The van der Waals surface area contributed by atoms with Crippen molar-refractivity contribution in [1.29, 1.82) is 0 Å². The van der Waals surface area contributed by atoms with Gasteiger partial charge in [0, 0.05) is 55.7 Å². The van der Waals surface area contributed by atoms with Crippen LogP contribution in [0.15, 0.2) is 48.7 Å². The molecule has 0 aliphatic heterocycles. The monoisotopic (exact) mass is 497 g/mol. The number of esters is 1. The fourth-order valence-corrected chi connectivity index (χ4v) is 3.89. The lowest BCUT2D eigenvalue weighted by Crippen LogP contribution is -2.09. The number of benzene rings is 2. The van der Waals surface area contributed by atoms with Gasteiger partial charge in [-0.2, -0.15) is 4.98 Å². The molecule has 0 radical (unpaired) electrons. The first kappa shape index (κ1) is 24.4. The average molecular weight is 498 g/mol. The van der Waals surface area contributed by atoms with Gasteiger partial charge < -0.3 is 24.7 Å². The molecule has 4 rings (SSSR count). The molecule has 35 heavy (non-hydrogen) atoms. The van der Waals surface area contributed by atoms with Crippen LogP contribution < -0.4 is 10.6 Å². The summed E-state index contributed by atoms with van der Waals surface area (Å²) in [6, 6.07) is 12.0. The number of carbonyl (C=O) groups excluding carboxylic acids is 1. The van der Waals surface area contributed by atoms with Crippen molar-refractivity contribution in [2.45, 2.75) is 6.42 Å². The molecule has 4 aromatic rings. The molecular formula is C25H25ClFN5O3. The number of nitrogens with zero attached hydrogens (tertiary/aromatic N) is 3. The Morgan fingerprint density at radius 3 is 2.74 bits per heavy atom. The molecule has 0 spiro atoms. The zero-order valence-corrected chi connectivity index (χ0v) is 20.3. The van der Waals surface area contributed by atoms with Gasteiger partial charge in [-0.05, 0) is 42.3 Å². The molecule has 0 saturated carbocycles. The van der Waals surface area contributed by atoms with E-state index in [4.69, 9.17) is 21.1 Å². The number of rotatable bonds is 9. The largest absolute Gasteiger partial charge is 0.464 e. The van der Waals surface area contributed by atoms with Gasteiger partial charge in [0.2, 0.25) is 5.95 Å². The molecule has 0 aliphatic carbocycles. The Morgan fingerprint density at radius 1 is 1.17 bits per heavy atom. The van der Waals surface area contributed by atoms with Crippen molar-refractivity contribution in [2.75, 3.05) is 38.0 Å². The molecular weight excluding hydrogens is 473 g/mol. The van der Waals surface area contributed by atoms with Gasteiger partial charge in [0.1, 0.15) is 17.3 Å². The number of ether oxygens (including phenoxy) is 2. The zero-order valence-electron chi connectivity index (χ0n) is 19.6. The molecule has 182 valence electrons. The van der Waals surface area contributed by atoms with Crippen LogP contribution in [-0.4, -0.2) is 47.9 Å². The minimum Gasteiger partial charge on any atom is -0.464 e. The van der Waals surface area contributed by atoms with E-state index in [1.165, 1.54) is 19.2 Å². The number of hydrogen-bond donors (Lipinski definition) is 2. The highest BCUT2D eigenvalue weighted by molar-refractivity contribution is 6.31. The summed E-state index contributed by atoms with van der Waals surface area (Å²) in [5, 5.41) is 7.33. The van der Waals surface area contributed by atoms with E-state index in [1.807, 2.05) is 25.2 Å².